The first-order valence-electron chi connectivity index (χ1n) is 7.55. The summed E-state index contributed by atoms with van der Waals surface area (Å²) >= 11 is 5.91. The van der Waals surface area contributed by atoms with Crippen molar-refractivity contribution in [3.63, 3.8) is 0 Å². The smallest absolute Gasteiger partial charge is 0.242 e. The van der Waals surface area contributed by atoms with E-state index in [1.165, 1.54) is 0 Å². The summed E-state index contributed by atoms with van der Waals surface area (Å²) in [6.07, 6.45) is 2.20. The minimum Gasteiger partial charge on any atom is -0.376 e. The first kappa shape index (κ1) is 17.6. The van der Waals surface area contributed by atoms with Crippen molar-refractivity contribution < 1.29 is 4.79 Å². The van der Waals surface area contributed by atoms with Gasteiger partial charge in [0.05, 0.1) is 6.54 Å². The highest BCUT2D eigenvalue weighted by molar-refractivity contribution is 6.30. The number of nitrogens with zero attached hydrogens (tertiary/aromatic N) is 1. The van der Waals surface area contributed by atoms with Crippen LogP contribution in [0.4, 0.5) is 5.69 Å². The Hall–Kier alpha value is -1.71. The quantitative estimate of drug-likeness (QED) is 0.838. The maximum absolute atomic E-state index is 12.5. The molecule has 3 rings (SSSR count). The van der Waals surface area contributed by atoms with Gasteiger partial charge in [-0.1, -0.05) is 41.9 Å². The second kappa shape index (κ2) is 8.23. The van der Waals surface area contributed by atoms with Gasteiger partial charge in [-0.05, 0) is 42.7 Å². The highest BCUT2D eigenvalue weighted by Crippen LogP contribution is 2.28. The SMILES string of the molecule is Cl.O=C(CNc1ccccc1)N(Cc1ccc(Cl)cc1)C1CC1. The highest BCUT2D eigenvalue weighted by atomic mass is 35.5. The van der Waals surface area contributed by atoms with Crippen molar-refractivity contribution in [3.8, 4) is 0 Å². The zero-order valence-electron chi connectivity index (χ0n) is 12.7. The summed E-state index contributed by atoms with van der Waals surface area (Å²) in [5, 5.41) is 3.91. The molecule has 122 valence electrons. The van der Waals surface area contributed by atoms with Crippen LogP contribution in [0, 0.1) is 0 Å². The number of hydrogen-bond donors (Lipinski definition) is 1. The van der Waals surface area contributed by atoms with Gasteiger partial charge in [0, 0.05) is 23.3 Å². The molecular formula is C18H20Cl2N2O. The van der Waals surface area contributed by atoms with E-state index in [-0.39, 0.29) is 18.3 Å². The summed E-state index contributed by atoms with van der Waals surface area (Å²) in [6, 6.07) is 17.9. The highest BCUT2D eigenvalue weighted by Gasteiger charge is 2.32. The summed E-state index contributed by atoms with van der Waals surface area (Å²) in [4.78, 5) is 14.5. The second-order valence-electron chi connectivity index (χ2n) is 5.60. The van der Waals surface area contributed by atoms with Crippen LogP contribution in [0.2, 0.25) is 5.02 Å². The number of para-hydroxylation sites is 1. The fraction of sp³-hybridized carbons (Fsp3) is 0.278. The minimum absolute atomic E-state index is 0. The molecule has 2 aromatic rings. The van der Waals surface area contributed by atoms with Crippen molar-refractivity contribution in [2.45, 2.75) is 25.4 Å². The third kappa shape index (κ3) is 5.15. The molecule has 0 atom stereocenters. The summed E-state index contributed by atoms with van der Waals surface area (Å²) in [6.45, 7) is 0.977. The molecule has 1 fully saturated rings. The van der Waals surface area contributed by atoms with Gasteiger partial charge in [0.2, 0.25) is 5.91 Å². The molecule has 1 N–H and O–H groups in total. The lowest BCUT2D eigenvalue weighted by Gasteiger charge is -2.23. The van der Waals surface area contributed by atoms with Crippen LogP contribution in [-0.4, -0.2) is 23.4 Å². The molecule has 0 bridgehead atoms. The predicted octanol–water partition coefficient (Wildman–Crippen LogP) is 4.36. The zero-order valence-corrected chi connectivity index (χ0v) is 14.3. The molecule has 0 saturated heterocycles. The van der Waals surface area contributed by atoms with Crippen molar-refractivity contribution in [2.24, 2.45) is 0 Å². The predicted molar refractivity (Wildman–Crippen MR) is 97.2 cm³/mol. The number of benzene rings is 2. The minimum atomic E-state index is 0. The number of halogens is 2. The molecule has 1 saturated carbocycles. The molecule has 1 amide bonds. The van der Waals surface area contributed by atoms with E-state index < -0.39 is 0 Å². The molecule has 2 aromatic carbocycles. The van der Waals surface area contributed by atoms with Crippen LogP contribution in [0.15, 0.2) is 54.6 Å². The van der Waals surface area contributed by atoms with E-state index in [0.717, 1.165) is 29.1 Å². The third-order valence-corrected chi connectivity index (χ3v) is 4.04. The van der Waals surface area contributed by atoms with E-state index >= 15 is 0 Å². The number of hydrogen-bond acceptors (Lipinski definition) is 2. The average molecular weight is 351 g/mol. The Morgan fingerprint density at radius 1 is 1.09 bits per heavy atom. The molecule has 0 aromatic heterocycles. The van der Waals surface area contributed by atoms with Crippen LogP contribution in [0.25, 0.3) is 0 Å². The van der Waals surface area contributed by atoms with E-state index in [1.807, 2.05) is 59.5 Å². The molecule has 0 aliphatic heterocycles. The number of nitrogens with one attached hydrogen (secondary N) is 1. The average Bonchev–Trinajstić information content (AvgIpc) is 3.38. The molecule has 0 unspecified atom stereocenters. The van der Waals surface area contributed by atoms with E-state index in [9.17, 15) is 4.79 Å². The number of anilines is 1. The lowest BCUT2D eigenvalue weighted by molar-refractivity contribution is -0.130. The van der Waals surface area contributed by atoms with Gasteiger partial charge in [-0.3, -0.25) is 4.79 Å². The maximum Gasteiger partial charge on any atom is 0.242 e. The standard InChI is InChI=1S/C18H19ClN2O.ClH/c19-15-8-6-14(7-9-15)13-21(17-10-11-17)18(22)12-20-16-4-2-1-3-5-16;/h1-9,17,20H,10-13H2;1H. The largest absolute Gasteiger partial charge is 0.376 e. The Labute approximate surface area is 148 Å². The normalized spacial score (nSPS) is 13.1. The molecule has 23 heavy (non-hydrogen) atoms. The van der Waals surface area contributed by atoms with Gasteiger partial charge in [0.1, 0.15) is 0 Å². The van der Waals surface area contributed by atoms with Gasteiger partial charge in [-0.15, -0.1) is 12.4 Å². The summed E-state index contributed by atoms with van der Waals surface area (Å²) < 4.78 is 0. The number of rotatable bonds is 6. The Bertz CT molecular complexity index is 627. The van der Waals surface area contributed by atoms with E-state index in [0.29, 0.717) is 19.1 Å². The third-order valence-electron chi connectivity index (χ3n) is 3.79. The van der Waals surface area contributed by atoms with Gasteiger partial charge in [-0.2, -0.15) is 0 Å². The molecule has 1 aliphatic carbocycles. The first-order valence-corrected chi connectivity index (χ1v) is 7.93. The van der Waals surface area contributed by atoms with Gasteiger partial charge in [0.15, 0.2) is 0 Å². The van der Waals surface area contributed by atoms with Gasteiger partial charge < -0.3 is 10.2 Å². The van der Waals surface area contributed by atoms with Crippen molar-refractivity contribution in [1.29, 1.82) is 0 Å². The Morgan fingerprint density at radius 3 is 2.35 bits per heavy atom. The Kier molecular flexibility index (Phi) is 6.31. The molecule has 1 aliphatic rings. The van der Waals surface area contributed by atoms with E-state index in [1.54, 1.807) is 0 Å². The molecular weight excluding hydrogens is 331 g/mol. The van der Waals surface area contributed by atoms with Gasteiger partial charge in [-0.25, -0.2) is 0 Å². The first-order chi connectivity index (χ1) is 10.7. The maximum atomic E-state index is 12.5. The molecule has 0 spiro atoms. The molecule has 3 nitrogen and oxygen atoms in total. The Balaban J connectivity index is 0.00000192. The number of carbonyl (C=O) groups is 1. The van der Waals surface area contributed by atoms with Gasteiger partial charge in [0.25, 0.3) is 0 Å². The summed E-state index contributed by atoms with van der Waals surface area (Å²) in [7, 11) is 0. The van der Waals surface area contributed by atoms with Crippen molar-refractivity contribution in [1.82, 2.24) is 4.90 Å². The number of amides is 1. The van der Waals surface area contributed by atoms with Crippen LogP contribution in [0.5, 0.6) is 0 Å². The van der Waals surface area contributed by atoms with Gasteiger partial charge >= 0.3 is 0 Å². The zero-order chi connectivity index (χ0) is 15.4. The van der Waals surface area contributed by atoms with Crippen LogP contribution in [0.3, 0.4) is 0 Å². The Morgan fingerprint density at radius 2 is 1.74 bits per heavy atom. The lowest BCUT2D eigenvalue weighted by atomic mass is 10.2. The van der Waals surface area contributed by atoms with Crippen LogP contribution in [-0.2, 0) is 11.3 Å². The summed E-state index contributed by atoms with van der Waals surface area (Å²) in [5.74, 6) is 0.140. The van der Waals surface area contributed by atoms with Crippen molar-refractivity contribution >= 4 is 35.6 Å². The fourth-order valence-corrected chi connectivity index (χ4v) is 2.55. The lowest BCUT2D eigenvalue weighted by Crippen LogP contribution is -2.36. The monoisotopic (exact) mass is 350 g/mol. The molecule has 0 heterocycles. The fourth-order valence-electron chi connectivity index (χ4n) is 2.43. The van der Waals surface area contributed by atoms with Crippen molar-refractivity contribution in [2.75, 3.05) is 11.9 Å². The summed E-state index contributed by atoms with van der Waals surface area (Å²) in [5.41, 5.74) is 2.09. The second-order valence-corrected chi connectivity index (χ2v) is 6.04. The van der Waals surface area contributed by atoms with Crippen LogP contribution >= 0.6 is 24.0 Å². The molecule has 0 radical (unpaired) electrons. The molecule has 5 heteroatoms. The van der Waals surface area contributed by atoms with E-state index in [2.05, 4.69) is 5.32 Å². The van der Waals surface area contributed by atoms with Crippen LogP contribution < -0.4 is 5.32 Å². The van der Waals surface area contributed by atoms with Crippen molar-refractivity contribution in [3.05, 3.63) is 65.2 Å². The van der Waals surface area contributed by atoms with Crippen LogP contribution in [0.1, 0.15) is 18.4 Å². The van der Waals surface area contributed by atoms with E-state index in [4.69, 9.17) is 11.6 Å². The topological polar surface area (TPSA) is 32.3 Å². The number of carbonyl (C=O) groups excluding carboxylic acids is 1.